The smallest absolute Gasteiger partial charge is 0.0449 e. The molecule has 1 N–H and O–H groups in total. The normalized spacial score (nSPS) is 12.4. The monoisotopic (exact) mass is 447 g/mol. The summed E-state index contributed by atoms with van der Waals surface area (Å²) in [6.45, 7) is 0. The summed E-state index contributed by atoms with van der Waals surface area (Å²) in [5, 5.41) is 4.19. The van der Waals surface area contributed by atoms with E-state index in [1.165, 1.54) is 10.5 Å². The SMILES string of the molecule is CNC(CSc1ccc(Br)cc1)Cc1ccc(Br)cc1Cl. The van der Waals surface area contributed by atoms with Gasteiger partial charge >= 0.3 is 0 Å². The third kappa shape index (κ3) is 5.61. The Morgan fingerprint density at radius 3 is 2.38 bits per heavy atom. The van der Waals surface area contributed by atoms with Gasteiger partial charge in [-0.15, -0.1) is 11.8 Å². The van der Waals surface area contributed by atoms with Crippen LogP contribution in [-0.4, -0.2) is 18.8 Å². The van der Waals surface area contributed by atoms with Gasteiger partial charge in [0.2, 0.25) is 0 Å². The van der Waals surface area contributed by atoms with Gasteiger partial charge in [0.05, 0.1) is 0 Å². The molecule has 0 radical (unpaired) electrons. The minimum atomic E-state index is 0.386. The van der Waals surface area contributed by atoms with Crippen molar-refractivity contribution in [2.75, 3.05) is 12.8 Å². The summed E-state index contributed by atoms with van der Waals surface area (Å²) >= 11 is 15.0. The van der Waals surface area contributed by atoms with E-state index in [0.717, 1.165) is 26.1 Å². The van der Waals surface area contributed by atoms with Gasteiger partial charge in [-0.1, -0.05) is 49.5 Å². The molecule has 0 fully saturated rings. The van der Waals surface area contributed by atoms with Crippen LogP contribution >= 0.6 is 55.2 Å². The fourth-order valence-corrected chi connectivity index (χ4v) is 3.95. The highest BCUT2D eigenvalue weighted by Gasteiger charge is 2.11. The van der Waals surface area contributed by atoms with Crippen LogP contribution in [0.25, 0.3) is 0 Å². The number of thioether (sulfide) groups is 1. The Kier molecular flexibility index (Phi) is 7.10. The molecule has 0 bridgehead atoms. The molecule has 2 rings (SSSR count). The van der Waals surface area contributed by atoms with Gasteiger partial charge in [-0.2, -0.15) is 0 Å². The van der Waals surface area contributed by atoms with Crippen molar-refractivity contribution in [1.29, 1.82) is 0 Å². The maximum absolute atomic E-state index is 6.30. The lowest BCUT2D eigenvalue weighted by atomic mass is 10.1. The molecule has 1 unspecified atom stereocenters. The highest BCUT2D eigenvalue weighted by Crippen LogP contribution is 2.25. The lowest BCUT2D eigenvalue weighted by molar-refractivity contribution is 0.617. The zero-order valence-electron chi connectivity index (χ0n) is 11.6. The average Bonchev–Trinajstić information content (AvgIpc) is 2.47. The minimum absolute atomic E-state index is 0.386. The zero-order chi connectivity index (χ0) is 15.2. The fourth-order valence-electron chi connectivity index (χ4n) is 1.92. The van der Waals surface area contributed by atoms with Gasteiger partial charge < -0.3 is 5.32 Å². The van der Waals surface area contributed by atoms with E-state index in [0.29, 0.717) is 6.04 Å². The van der Waals surface area contributed by atoms with Crippen LogP contribution in [-0.2, 0) is 6.42 Å². The fraction of sp³-hybridized carbons (Fsp3) is 0.250. The first-order valence-corrected chi connectivity index (χ1v) is 9.53. The van der Waals surface area contributed by atoms with Crippen molar-refractivity contribution in [3.63, 3.8) is 0 Å². The van der Waals surface area contributed by atoms with Crippen molar-refractivity contribution in [3.05, 3.63) is 62.0 Å². The van der Waals surface area contributed by atoms with Crippen molar-refractivity contribution < 1.29 is 0 Å². The van der Waals surface area contributed by atoms with E-state index in [4.69, 9.17) is 11.6 Å². The highest BCUT2D eigenvalue weighted by molar-refractivity contribution is 9.10. The Balaban J connectivity index is 1.95. The van der Waals surface area contributed by atoms with Crippen molar-refractivity contribution >= 4 is 55.2 Å². The minimum Gasteiger partial charge on any atom is -0.316 e. The zero-order valence-corrected chi connectivity index (χ0v) is 16.3. The molecule has 0 heterocycles. The standard InChI is InChI=1S/C16H16Br2ClNS/c1-20-14(8-11-2-3-13(18)9-16(11)19)10-21-15-6-4-12(17)5-7-15/h2-7,9,14,20H,8,10H2,1H3. The Labute approximate surface area is 152 Å². The van der Waals surface area contributed by atoms with Crippen LogP contribution in [0.5, 0.6) is 0 Å². The Morgan fingerprint density at radius 2 is 1.76 bits per heavy atom. The van der Waals surface area contributed by atoms with Gasteiger partial charge in [-0.25, -0.2) is 0 Å². The summed E-state index contributed by atoms with van der Waals surface area (Å²) in [6.07, 6.45) is 0.923. The molecule has 0 saturated heterocycles. The number of nitrogens with one attached hydrogen (secondary N) is 1. The van der Waals surface area contributed by atoms with E-state index >= 15 is 0 Å². The lowest BCUT2D eigenvalue weighted by Crippen LogP contribution is -2.30. The van der Waals surface area contributed by atoms with Crippen molar-refractivity contribution in [1.82, 2.24) is 5.32 Å². The third-order valence-corrected chi connectivity index (χ3v) is 5.70. The molecule has 112 valence electrons. The third-order valence-electron chi connectivity index (χ3n) is 3.15. The molecule has 2 aromatic rings. The second-order valence-corrected chi connectivity index (χ2v) is 8.02. The maximum Gasteiger partial charge on any atom is 0.0449 e. The molecule has 0 aliphatic rings. The average molecular weight is 450 g/mol. The topological polar surface area (TPSA) is 12.0 Å². The summed E-state index contributed by atoms with van der Waals surface area (Å²) in [5.74, 6) is 1.00. The summed E-state index contributed by atoms with van der Waals surface area (Å²) in [6, 6.07) is 14.9. The molecule has 1 nitrogen and oxygen atoms in total. The number of benzene rings is 2. The number of hydrogen-bond donors (Lipinski definition) is 1. The van der Waals surface area contributed by atoms with Gasteiger partial charge in [0.1, 0.15) is 0 Å². The Morgan fingerprint density at radius 1 is 1.10 bits per heavy atom. The predicted octanol–water partition coefficient (Wildman–Crippen LogP) is 5.79. The van der Waals surface area contributed by atoms with Crippen LogP contribution in [0.15, 0.2) is 56.3 Å². The molecule has 21 heavy (non-hydrogen) atoms. The molecule has 0 amide bonds. The summed E-state index contributed by atoms with van der Waals surface area (Å²) < 4.78 is 2.13. The Hall–Kier alpha value is -0.0000000000000000555. The molecule has 0 saturated carbocycles. The van der Waals surface area contributed by atoms with Crippen molar-refractivity contribution in [3.8, 4) is 0 Å². The second-order valence-electron chi connectivity index (χ2n) is 4.69. The molecule has 5 heteroatoms. The van der Waals surface area contributed by atoms with Crippen molar-refractivity contribution in [2.24, 2.45) is 0 Å². The molecule has 0 aliphatic heterocycles. The number of likely N-dealkylation sites (N-methyl/N-ethyl adjacent to an activating group) is 1. The van der Waals surface area contributed by atoms with Gasteiger partial charge in [0, 0.05) is 30.7 Å². The van der Waals surface area contributed by atoms with Crippen LogP contribution < -0.4 is 5.32 Å². The van der Waals surface area contributed by atoms with Crippen molar-refractivity contribution in [2.45, 2.75) is 17.4 Å². The molecule has 0 aliphatic carbocycles. The van der Waals surface area contributed by atoms with Crippen LogP contribution in [0, 0.1) is 0 Å². The number of hydrogen-bond acceptors (Lipinski definition) is 2. The van der Waals surface area contributed by atoms with E-state index in [1.807, 2.05) is 30.9 Å². The maximum atomic E-state index is 6.30. The first kappa shape index (κ1) is 17.4. The molecular weight excluding hydrogens is 434 g/mol. The summed E-state index contributed by atoms with van der Waals surface area (Å²) in [5.41, 5.74) is 1.18. The predicted molar refractivity (Wildman–Crippen MR) is 101 cm³/mol. The van der Waals surface area contributed by atoms with E-state index in [-0.39, 0.29) is 0 Å². The van der Waals surface area contributed by atoms with Gasteiger partial charge in [0.25, 0.3) is 0 Å². The molecule has 2 aromatic carbocycles. The van der Waals surface area contributed by atoms with E-state index in [2.05, 4.69) is 67.5 Å². The van der Waals surface area contributed by atoms with E-state index in [9.17, 15) is 0 Å². The lowest BCUT2D eigenvalue weighted by Gasteiger charge is -2.17. The van der Waals surface area contributed by atoms with Gasteiger partial charge in [-0.05, 0) is 55.4 Å². The van der Waals surface area contributed by atoms with Crippen LogP contribution in [0.1, 0.15) is 5.56 Å². The van der Waals surface area contributed by atoms with Crippen LogP contribution in [0.4, 0.5) is 0 Å². The van der Waals surface area contributed by atoms with Gasteiger partial charge in [0.15, 0.2) is 0 Å². The quantitative estimate of drug-likeness (QED) is 0.561. The summed E-state index contributed by atoms with van der Waals surface area (Å²) in [7, 11) is 2.00. The molecule has 0 spiro atoms. The van der Waals surface area contributed by atoms with E-state index < -0.39 is 0 Å². The highest BCUT2D eigenvalue weighted by atomic mass is 79.9. The van der Waals surface area contributed by atoms with Crippen LogP contribution in [0.3, 0.4) is 0 Å². The largest absolute Gasteiger partial charge is 0.316 e. The molecule has 1 atom stereocenters. The number of halogens is 3. The second kappa shape index (κ2) is 8.59. The first-order valence-electron chi connectivity index (χ1n) is 6.58. The first-order chi connectivity index (χ1) is 10.1. The molecular formula is C16H16Br2ClNS. The summed E-state index contributed by atoms with van der Waals surface area (Å²) in [4.78, 5) is 1.28. The number of rotatable bonds is 6. The molecule has 0 aromatic heterocycles. The van der Waals surface area contributed by atoms with Crippen LogP contribution in [0.2, 0.25) is 5.02 Å². The Bertz CT molecular complexity index is 589. The van der Waals surface area contributed by atoms with Gasteiger partial charge in [-0.3, -0.25) is 0 Å². The van der Waals surface area contributed by atoms with E-state index in [1.54, 1.807) is 0 Å².